The maximum absolute atomic E-state index is 12.4. The Bertz CT molecular complexity index is 445. The van der Waals surface area contributed by atoms with Crippen LogP contribution in [0.5, 0.6) is 0 Å². The monoisotopic (exact) mass is 356 g/mol. The molecule has 144 valence electrons. The van der Waals surface area contributed by atoms with Gasteiger partial charge in [-0.05, 0) is 46.5 Å². The fourth-order valence-electron chi connectivity index (χ4n) is 2.93. The molecule has 7 heteroatoms. The highest BCUT2D eigenvalue weighted by Gasteiger charge is 2.27. The molecule has 1 aliphatic carbocycles. The van der Waals surface area contributed by atoms with Crippen LogP contribution in [-0.2, 0) is 14.3 Å². The molecule has 0 unspecified atom stereocenters. The van der Waals surface area contributed by atoms with E-state index in [0.717, 1.165) is 6.42 Å². The minimum atomic E-state index is -0.890. The number of nitrogens with one attached hydrogen (secondary N) is 1. The first-order valence-electron chi connectivity index (χ1n) is 9.30. The minimum Gasteiger partial charge on any atom is -0.446 e. The van der Waals surface area contributed by atoms with Crippen molar-refractivity contribution in [2.24, 2.45) is 5.92 Å². The summed E-state index contributed by atoms with van der Waals surface area (Å²) in [5.74, 6) is 0.179. The Morgan fingerprint density at radius 1 is 1.00 bits per heavy atom. The van der Waals surface area contributed by atoms with Crippen molar-refractivity contribution in [3.05, 3.63) is 0 Å². The van der Waals surface area contributed by atoms with E-state index in [-0.39, 0.29) is 12.5 Å². The van der Waals surface area contributed by atoms with Gasteiger partial charge in [0.05, 0.1) is 12.2 Å². The summed E-state index contributed by atoms with van der Waals surface area (Å²) < 4.78 is 9.97. The number of ether oxygens (including phenoxy) is 2. The standard InChI is InChI=1S/C18H32N2O5/c1-13(2)24-17(22)19-20(18(23)25-14(3)4)16(21)12-8-11-15-9-6-5-7-10-15/h13-15H,5-12H2,1-4H3,(H,19,22). The number of amides is 3. The van der Waals surface area contributed by atoms with Crippen molar-refractivity contribution in [2.75, 3.05) is 0 Å². The molecule has 0 aliphatic heterocycles. The van der Waals surface area contributed by atoms with Gasteiger partial charge >= 0.3 is 12.2 Å². The lowest BCUT2D eigenvalue weighted by Gasteiger charge is -2.23. The van der Waals surface area contributed by atoms with Gasteiger partial charge in [-0.3, -0.25) is 4.79 Å². The molecular weight excluding hydrogens is 324 g/mol. The zero-order chi connectivity index (χ0) is 18.8. The van der Waals surface area contributed by atoms with Gasteiger partial charge in [0.2, 0.25) is 0 Å². The van der Waals surface area contributed by atoms with Gasteiger partial charge in [-0.15, -0.1) is 5.01 Å². The Morgan fingerprint density at radius 3 is 2.16 bits per heavy atom. The first kappa shape index (κ1) is 21.3. The number of hydrogen-bond acceptors (Lipinski definition) is 5. The summed E-state index contributed by atoms with van der Waals surface area (Å²) in [5.41, 5.74) is 2.19. The van der Waals surface area contributed by atoms with Crippen LogP contribution in [0.15, 0.2) is 0 Å². The Morgan fingerprint density at radius 2 is 1.60 bits per heavy atom. The summed E-state index contributed by atoms with van der Waals surface area (Å²) in [6.45, 7) is 6.72. The highest BCUT2D eigenvalue weighted by atomic mass is 16.6. The van der Waals surface area contributed by atoms with Crippen molar-refractivity contribution >= 4 is 18.1 Å². The number of hydrogen-bond donors (Lipinski definition) is 1. The zero-order valence-corrected chi connectivity index (χ0v) is 15.9. The number of imide groups is 1. The summed E-state index contributed by atoms with van der Waals surface area (Å²) in [6, 6.07) is 0. The number of rotatable bonds is 6. The summed E-state index contributed by atoms with van der Waals surface area (Å²) >= 11 is 0. The molecule has 3 amide bonds. The fraction of sp³-hybridized carbons (Fsp3) is 0.833. The van der Waals surface area contributed by atoms with E-state index < -0.39 is 24.2 Å². The smallest absolute Gasteiger partial charge is 0.436 e. The molecule has 1 rings (SSSR count). The third-order valence-electron chi connectivity index (χ3n) is 4.04. The molecule has 1 fully saturated rings. The molecule has 1 N–H and O–H groups in total. The molecule has 7 nitrogen and oxygen atoms in total. The molecule has 0 radical (unpaired) electrons. The number of nitrogens with zero attached hydrogens (tertiary/aromatic N) is 1. The van der Waals surface area contributed by atoms with Crippen LogP contribution in [0.4, 0.5) is 9.59 Å². The summed E-state index contributed by atoms with van der Waals surface area (Å²) in [7, 11) is 0. The van der Waals surface area contributed by atoms with Crippen molar-refractivity contribution in [3.8, 4) is 0 Å². The topological polar surface area (TPSA) is 84.9 Å². The van der Waals surface area contributed by atoms with Gasteiger partial charge in [0.15, 0.2) is 0 Å². The van der Waals surface area contributed by atoms with E-state index in [2.05, 4.69) is 5.43 Å². The second kappa shape index (κ2) is 10.9. The highest BCUT2D eigenvalue weighted by Crippen LogP contribution is 2.27. The Hall–Kier alpha value is -1.79. The van der Waals surface area contributed by atoms with Crippen LogP contribution in [0.3, 0.4) is 0 Å². The van der Waals surface area contributed by atoms with Crippen molar-refractivity contribution in [3.63, 3.8) is 0 Å². The van der Waals surface area contributed by atoms with E-state index in [1.165, 1.54) is 32.1 Å². The first-order valence-corrected chi connectivity index (χ1v) is 9.30. The molecule has 0 atom stereocenters. The van der Waals surface area contributed by atoms with Crippen LogP contribution in [0, 0.1) is 5.92 Å². The van der Waals surface area contributed by atoms with Crippen LogP contribution >= 0.6 is 0 Å². The van der Waals surface area contributed by atoms with E-state index in [9.17, 15) is 14.4 Å². The highest BCUT2D eigenvalue weighted by molar-refractivity contribution is 5.93. The Kier molecular flexibility index (Phi) is 9.31. The lowest BCUT2D eigenvalue weighted by atomic mass is 9.86. The number of hydrazine groups is 1. The molecular formula is C18H32N2O5. The molecule has 0 aromatic heterocycles. The van der Waals surface area contributed by atoms with Gasteiger partial charge < -0.3 is 9.47 Å². The van der Waals surface area contributed by atoms with Crippen LogP contribution in [0.25, 0.3) is 0 Å². The summed E-state index contributed by atoms with van der Waals surface area (Å²) in [6.07, 6.45) is 5.59. The third kappa shape index (κ3) is 8.74. The van der Waals surface area contributed by atoms with Crippen LogP contribution in [-0.4, -0.2) is 35.3 Å². The SMILES string of the molecule is CC(C)OC(=O)NN(C(=O)CCCC1CCCCC1)C(=O)OC(C)C. The minimum absolute atomic E-state index is 0.186. The van der Waals surface area contributed by atoms with Gasteiger partial charge in [0.1, 0.15) is 0 Å². The quantitative estimate of drug-likeness (QED) is 0.722. The molecule has 0 spiro atoms. The molecule has 0 heterocycles. The molecule has 25 heavy (non-hydrogen) atoms. The molecule has 1 aliphatic rings. The predicted molar refractivity (Wildman–Crippen MR) is 93.6 cm³/mol. The van der Waals surface area contributed by atoms with Gasteiger partial charge in [-0.1, -0.05) is 32.1 Å². The van der Waals surface area contributed by atoms with Crippen LogP contribution < -0.4 is 5.43 Å². The molecule has 0 bridgehead atoms. The predicted octanol–water partition coefficient (Wildman–Crippen LogP) is 4.16. The fourth-order valence-corrected chi connectivity index (χ4v) is 2.93. The molecule has 0 aromatic rings. The summed E-state index contributed by atoms with van der Waals surface area (Å²) in [5, 5.41) is 0.631. The van der Waals surface area contributed by atoms with Crippen LogP contribution in [0.1, 0.15) is 79.1 Å². The Labute approximate surface area is 150 Å². The normalized spacial score (nSPS) is 15.1. The van der Waals surface area contributed by atoms with Gasteiger partial charge in [-0.2, -0.15) is 0 Å². The van der Waals surface area contributed by atoms with Crippen molar-refractivity contribution in [1.82, 2.24) is 10.4 Å². The van der Waals surface area contributed by atoms with Gasteiger partial charge in [0, 0.05) is 6.42 Å². The van der Waals surface area contributed by atoms with E-state index in [0.29, 0.717) is 17.3 Å². The second-order valence-corrected chi connectivity index (χ2v) is 7.12. The average molecular weight is 356 g/mol. The molecule has 0 saturated heterocycles. The summed E-state index contributed by atoms with van der Waals surface area (Å²) in [4.78, 5) is 36.2. The van der Waals surface area contributed by atoms with E-state index in [4.69, 9.17) is 9.47 Å². The van der Waals surface area contributed by atoms with Crippen LogP contribution in [0.2, 0.25) is 0 Å². The Balaban J connectivity index is 2.54. The number of carbonyl (C=O) groups excluding carboxylic acids is 3. The molecule has 1 saturated carbocycles. The zero-order valence-electron chi connectivity index (χ0n) is 15.9. The average Bonchev–Trinajstić information content (AvgIpc) is 2.52. The van der Waals surface area contributed by atoms with Crippen molar-refractivity contribution in [2.45, 2.75) is 91.3 Å². The lowest BCUT2D eigenvalue weighted by Crippen LogP contribution is -2.51. The maximum Gasteiger partial charge on any atom is 0.436 e. The van der Waals surface area contributed by atoms with Crippen molar-refractivity contribution in [1.29, 1.82) is 0 Å². The molecule has 0 aromatic carbocycles. The number of carbonyl (C=O) groups is 3. The first-order chi connectivity index (χ1) is 11.8. The van der Waals surface area contributed by atoms with Gasteiger partial charge in [0.25, 0.3) is 5.91 Å². The van der Waals surface area contributed by atoms with Gasteiger partial charge in [-0.25, -0.2) is 15.0 Å². The van der Waals surface area contributed by atoms with E-state index in [1.54, 1.807) is 27.7 Å². The largest absolute Gasteiger partial charge is 0.446 e. The maximum atomic E-state index is 12.4. The second-order valence-electron chi connectivity index (χ2n) is 7.12. The lowest BCUT2D eigenvalue weighted by molar-refractivity contribution is -0.132. The van der Waals surface area contributed by atoms with Crippen molar-refractivity contribution < 1.29 is 23.9 Å². The van der Waals surface area contributed by atoms with E-state index in [1.807, 2.05) is 0 Å². The third-order valence-corrected chi connectivity index (χ3v) is 4.04. The van der Waals surface area contributed by atoms with E-state index >= 15 is 0 Å².